The van der Waals surface area contributed by atoms with Gasteiger partial charge >= 0.3 is 6.18 Å². The third-order valence-corrected chi connectivity index (χ3v) is 1.90. The number of hydrogen-bond acceptors (Lipinski definition) is 2. The minimum absolute atomic E-state index is 0.213. The van der Waals surface area contributed by atoms with Crippen molar-refractivity contribution in [3.8, 4) is 0 Å². The normalized spacial score (nSPS) is 11.8. The van der Waals surface area contributed by atoms with E-state index in [4.69, 9.17) is 5.84 Å². The van der Waals surface area contributed by atoms with Crippen LogP contribution in [0.5, 0.6) is 0 Å². The molecule has 0 bridgehead atoms. The highest BCUT2D eigenvalue weighted by Gasteiger charge is 2.31. The predicted octanol–water partition coefficient (Wildman–Crippen LogP) is 1.98. The highest BCUT2D eigenvalue weighted by molar-refractivity contribution is 5.32. The number of nitrogens with two attached hydrogens (primary N) is 1. The lowest BCUT2D eigenvalue weighted by Gasteiger charge is -2.11. The monoisotopic (exact) mass is 204 g/mol. The maximum atomic E-state index is 12.3. The number of benzene rings is 1. The van der Waals surface area contributed by atoms with E-state index in [0.717, 1.165) is 11.6 Å². The van der Waals surface area contributed by atoms with Gasteiger partial charge < -0.3 is 0 Å². The summed E-state index contributed by atoms with van der Waals surface area (Å²) in [4.78, 5) is 0. The van der Waals surface area contributed by atoms with Gasteiger partial charge in [-0.2, -0.15) is 13.2 Å². The van der Waals surface area contributed by atoms with Crippen LogP contribution >= 0.6 is 0 Å². The van der Waals surface area contributed by atoms with Crippen LogP contribution < -0.4 is 11.3 Å². The molecule has 0 atom stereocenters. The molecule has 78 valence electrons. The van der Waals surface area contributed by atoms with Crippen LogP contribution in [0.4, 0.5) is 13.2 Å². The average molecular weight is 204 g/mol. The molecule has 2 nitrogen and oxygen atoms in total. The molecule has 0 aromatic heterocycles. The number of hydrazine groups is 1. The van der Waals surface area contributed by atoms with Crippen molar-refractivity contribution in [2.24, 2.45) is 5.84 Å². The second-order valence-corrected chi connectivity index (χ2v) is 3.03. The van der Waals surface area contributed by atoms with Crippen LogP contribution in [0.3, 0.4) is 0 Å². The molecule has 0 aliphatic carbocycles. The quantitative estimate of drug-likeness (QED) is 0.571. The van der Waals surface area contributed by atoms with Crippen molar-refractivity contribution in [1.82, 2.24) is 5.43 Å². The van der Waals surface area contributed by atoms with Gasteiger partial charge in [0, 0.05) is 6.54 Å². The van der Waals surface area contributed by atoms with E-state index in [1.165, 1.54) is 19.1 Å². The highest BCUT2D eigenvalue weighted by atomic mass is 19.4. The van der Waals surface area contributed by atoms with Gasteiger partial charge in [-0.25, -0.2) is 0 Å². The van der Waals surface area contributed by atoms with Gasteiger partial charge in [0.15, 0.2) is 0 Å². The minimum Gasteiger partial charge on any atom is -0.271 e. The van der Waals surface area contributed by atoms with Crippen LogP contribution in [-0.2, 0) is 12.7 Å². The minimum atomic E-state index is -4.28. The first-order valence-corrected chi connectivity index (χ1v) is 4.05. The zero-order valence-corrected chi connectivity index (χ0v) is 7.65. The summed E-state index contributed by atoms with van der Waals surface area (Å²) in [5.41, 5.74) is 2.74. The molecule has 1 aromatic carbocycles. The van der Waals surface area contributed by atoms with Crippen molar-refractivity contribution in [3.05, 3.63) is 34.9 Å². The lowest BCUT2D eigenvalue weighted by Crippen LogP contribution is -2.21. The summed E-state index contributed by atoms with van der Waals surface area (Å²) in [6.07, 6.45) is -4.28. The molecule has 0 heterocycles. The number of halogens is 3. The molecule has 0 aliphatic rings. The van der Waals surface area contributed by atoms with E-state index in [9.17, 15) is 13.2 Å². The fraction of sp³-hybridized carbons (Fsp3) is 0.333. The molecule has 0 unspecified atom stereocenters. The van der Waals surface area contributed by atoms with Crippen LogP contribution in [0.2, 0.25) is 0 Å². The summed E-state index contributed by atoms with van der Waals surface area (Å²) in [5.74, 6) is 5.06. The average Bonchev–Trinajstić information content (AvgIpc) is 2.02. The van der Waals surface area contributed by atoms with Crippen LogP contribution in [0.25, 0.3) is 0 Å². The largest absolute Gasteiger partial charge is 0.416 e. The summed E-state index contributed by atoms with van der Waals surface area (Å²) >= 11 is 0. The molecular formula is C9H11F3N2. The van der Waals surface area contributed by atoms with Crippen molar-refractivity contribution in [1.29, 1.82) is 0 Å². The van der Waals surface area contributed by atoms with Gasteiger partial charge in [0.05, 0.1) is 5.56 Å². The SMILES string of the molecule is Cc1cc(CNN)ccc1C(F)(F)F. The summed E-state index contributed by atoms with van der Waals surface area (Å²) in [6.45, 7) is 1.79. The summed E-state index contributed by atoms with van der Waals surface area (Å²) in [7, 11) is 0. The highest BCUT2D eigenvalue weighted by Crippen LogP contribution is 2.31. The van der Waals surface area contributed by atoms with Gasteiger partial charge in [-0.05, 0) is 24.1 Å². The zero-order valence-electron chi connectivity index (χ0n) is 7.65. The Morgan fingerprint density at radius 1 is 1.36 bits per heavy atom. The number of aryl methyl sites for hydroxylation is 1. The topological polar surface area (TPSA) is 38.0 Å². The number of rotatable bonds is 2. The molecule has 3 N–H and O–H groups in total. The molecule has 0 fully saturated rings. The Kier molecular flexibility index (Phi) is 3.13. The Morgan fingerprint density at radius 3 is 2.43 bits per heavy atom. The molecule has 1 rings (SSSR count). The maximum absolute atomic E-state index is 12.3. The van der Waals surface area contributed by atoms with Gasteiger partial charge in [-0.1, -0.05) is 12.1 Å². The predicted molar refractivity (Wildman–Crippen MR) is 47.2 cm³/mol. The molecule has 0 aliphatic heterocycles. The number of hydrogen-bond donors (Lipinski definition) is 2. The molecule has 14 heavy (non-hydrogen) atoms. The van der Waals surface area contributed by atoms with Gasteiger partial charge in [0.1, 0.15) is 0 Å². The summed E-state index contributed by atoms with van der Waals surface area (Å²) < 4.78 is 37.0. The van der Waals surface area contributed by atoms with E-state index in [0.29, 0.717) is 6.54 Å². The molecule has 0 radical (unpaired) electrons. The molecule has 5 heteroatoms. The Balaban J connectivity index is 3.02. The van der Waals surface area contributed by atoms with Gasteiger partial charge in [-0.3, -0.25) is 11.3 Å². The van der Waals surface area contributed by atoms with E-state index in [1.54, 1.807) is 0 Å². The lowest BCUT2D eigenvalue weighted by atomic mass is 10.0. The van der Waals surface area contributed by atoms with Crippen molar-refractivity contribution < 1.29 is 13.2 Å². The fourth-order valence-corrected chi connectivity index (χ4v) is 1.27. The van der Waals surface area contributed by atoms with Gasteiger partial charge in [0.25, 0.3) is 0 Å². The Hall–Kier alpha value is -1.07. The maximum Gasteiger partial charge on any atom is 0.416 e. The standard InChI is InChI=1S/C9H11F3N2/c1-6-4-7(5-14-13)2-3-8(6)9(10,11)12/h2-4,14H,5,13H2,1H3. The van der Waals surface area contributed by atoms with E-state index < -0.39 is 11.7 Å². The van der Waals surface area contributed by atoms with Crippen LogP contribution in [0.15, 0.2) is 18.2 Å². The molecule has 0 spiro atoms. The molecule has 0 saturated heterocycles. The fourth-order valence-electron chi connectivity index (χ4n) is 1.27. The van der Waals surface area contributed by atoms with E-state index in [2.05, 4.69) is 5.43 Å². The van der Waals surface area contributed by atoms with E-state index in [-0.39, 0.29) is 5.56 Å². The lowest BCUT2D eigenvalue weighted by molar-refractivity contribution is -0.138. The van der Waals surface area contributed by atoms with Gasteiger partial charge in [0.2, 0.25) is 0 Å². The van der Waals surface area contributed by atoms with Gasteiger partial charge in [-0.15, -0.1) is 0 Å². The van der Waals surface area contributed by atoms with Crippen LogP contribution in [0, 0.1) is 6.92 Å². The molecular weight excluding hydrogens is 193 g/mol. The van der Waals surface area contributed by atoms with Crippen molar-refractivity contribution in [2.75, 3.05) is 0 Å². The van der Waals surface area contributed by atoms with Crippen LogP contribution in [0.1, 0.15) is 16.7 Å². The first kappa shape index (κ1) is 11.0. The third-order valence-electron chi connectivity index (χ3n) is 1.90. The first-order valence-electron chi connectivity index (χ1n) is 4.05. The number of nitrogens with one attached hydrogen (secondary N) is 1. The summed E-state index contributed by atoms with van der Waals surface area (Å²) in [5, 5.41) is 0. The second-order valence-electron chi connectivity index (χ2n) is 3.03. The first-order chi connectivity index (χ1) is 6.45. The van der Waals surface area contributed by atoms with E-state index in [1.807, 2.05) is 0 Å². The van der Waals surface area contributed by atoms with Crippen molar-refractivity contribution >= 4 is 0 Å². The Labute approximate surface area is 79.9 Å². The zero-order chi connectivity index (χ0) is 10.8. The Morgan fingerprint density at radius 2 is 2.00 bits per heavy atom. The molecule has 0 saturated carbocycles. The van der Waals surface area contributed by atoms with Crippen molar-refractivity contribution in [2.45, 2.75) is 19.6 Å². The smallest absolute Gasteiger partial charge is 0.271 e. The summed E-state index contributed by atoms with van der Waals surface area (Å²) in [6, 6.07) is 3.96. The molecule has 1 aromatic rings. The van der Waals surface area contributed by atoms with E-state index >= 15 is 0 Å². The third kappa shape index (κ3) is 2.46. The molecule has 0 amide bonds. The van der Waals surface area contributed by atoms with Crippen molar-refractivity contribution in [3.63, 3.8) is 0 Å². The van der Waals surface area contributed by atoms with Crippen LogP contribution in [-0.4, -0.2) is 0 Å². The second kappa shape index (κ2) is 3.98. The number of alkyl halides is 3. The Bertz CT molecular complexity index is 320.